The Kier molecular flexibility index (Phi) is 3.08. The molecule has 0 aliphatic heterocycles. The van der Waals surface area contributed by atoms with Gasteiger partial charge in [-0.3, -0.25) is 0 Å². The van der Waals surface area contributed by atoms with Crippen molar-refractivity contribution in [1.29, 1.82) is 0 Å². The molecule has 0 spiro atoms. The van der Waals surface area contributed by atoms with Crippen LogP contribution in [0.3, 0.4) is 0 Å². The van der Waals surface area contributed by atoms with Crippen molar-refractivity contribution in [3.8, 4) is 0 Å². The number of ether oxygens (including phenoxy) is 1. The number of fused-ring (bicyclic) bond motifs is 5. The zero-order valence-electron chi connectivity index (χ0n) is 13.2. The molecule has 3 nitrogen and oxygen atoms in total. The molecule has 0 unspecified atom stereocenters. The van der Waals surface area contributed by atoms with Crippen molar-refractivity contribution in [2.45, 2.75) is 13.8 Å². The molecule has 1 aromatic heterocycles. The van der Waals surface area contributed by atoms with Crippen LogP contribution in [0.2, 0.25) is 0 Å². The summed E-state index contributed by atoms with van der Waals surface area (Å²) < 4.78 is 7.01. The van der Waals surface area contributed by atoms with Gasteiger partial charge in [0.05, 0.1) is 17.6 Å². The van der Waals surface area contributed by atoms with Gasteiger partial charge in [-0.25, -0.2) is 9.36 Å². The highest BCUT2D eigenvalue weighted by Gasteiger charge is 2.19. The van der Waals surface area contributed by atoms with Crippen molar-refractivity contribution in [2.75, 3.05) is 6.61 Å². The Morgan fingerprint density at radius 3 is 2.35 bits per heavy atom. The van der Waals surface area contributed by atoms with Crippen molar-refractivity contribution < 1.29 is 9.53 Å². The molecule has 0 bridgehead atoms. The SMILES string of the molecule is CCOC(=O)n1c2ccccc2c2cc(C)c3ccccc3c21. The number of nitrogens with zero attached hydrogens (tertiary/aromatic N) is 1. The van der Waals surface area contributed by atoms with Crippen LogP contribution in [-0.4, -0.2) is 17.3 Å². The normalized spacial score (nSPS) is 11.4. The number of aryl methyl sites for hydroxylation is 1. The first-order chi connectivity index (χ1) is 11.2. The Labute approximate surface area is 134 Å². The topological polar surface area (TPSA) is 31.2 Å². The van der Waals surface area contributed by atoms with E-state index in [4.69, 9.17) is 4.74 Å². The molecule has 0 fully saturated rings. The number of benzene rings is 3. The van der Waals surface area contributed by atoms with E-state index in [9.17, 15) is 4.79 Å². The van der Waals surface area contributed by atoms with Gasteiger partial charge in [-0.15, -0.1) is 0 Å². The number of para-hydroxylation sites is 1. The second-order valence-corrected chi connectivity index (χ2v) is 5.69. The van der Waals surface area contributed by atoms with Crippen molar-refractivity contribution in [1.82, 2.24) is 4.57 Å². The molecule has 0 radical (unpaired) electrons. The zero-order valence-corrected chi connectivity index (χ0v) is 13.2. The lowest BCUT2D eigenvalue weighted by molar-refractivity contribution is 0.156. The van der Waals surface area contributed by atoms with Crippen LogP contribution in [0.25, 0.3) is 32.6 Å². The predicted molar refractivity (Wildman–Crippen MR) is 94.1 cm³/mol. The van der Waals surface area contributed by atoms with Crippen LogP contribution in [0.15, 0.2) is 54.6 Å². The summed E-state index contributed by atoms with van der Waals surface area (Å²) in [5, 5.41) is 4.40. The maximum atomic E-state index is 12.6. The number of rotatable bonds is 1. The monoisotopic (exact) mass is 303 g/mol. The Balaban J connectivity index is 2.28. The van der Waals surface area contributed by atoms with Crippen LogP contribution >= 0.6 is 0 Å². The summed E-state index contributed by atoms with van der Waals surface area (Å²) in [5.41, 5.74) is 3.02. The van der Waals surface area contributed by atoms with Crippen molar-refractivity contribution in [2.24, 2.45) is 0 Å². The zero-order chi connectivity index (χ0) is 16.0. The molecule has 114 valence electrons. The summed E-state index contributed by atoms with van der Waals surface area (Å²) in [7, 11) is 0. The fraction of sp³-hybridized carbons (Fsp3) is 0.150. The third-order valence-electron chi connectivity index (χ3n) is 4.33. The third-order valence-corrected chi connectivity index (χ3v) is 4.33. The Bertz CT molecular complexity index is 1060. The highest BCUT2D eigenvalue weighted by molar-refractivity contribution is 6.21. The van der Waals surface area contributed by atoms with Gasteiger partial charge in [0.25, 0.3) is 0 Å². The number of aromatic nitrogens is 1. The number of carbonyl (C=O) groups excluding carboxylic acids is 1. The predicted octanol–water partition coefficient (Wildman–Crippen LogP) is 5.26. The Morgan fingerprint density at radius 1 is 0.957 bits per heavy atom. The van der Waals surface area contributed by atoms with Gasteiger partial charge in [0.2, 0.25) is 0 Å². The van der Waals surface area contributed by atoms with E-state index in [2.05, 4.69) is 31.2 Å². The lowest BCUT2D eigenvalue weighted by Gasteiger charge is -2.09. The van der Waals surface area contributed by atoms with Crippen LogP contribution < -0.4 is 0 Å². The van der Waals surface area contributed by atoms with Crippen LogP contribution in [0, 0.1) is 6.92 Å². The number of carbonyl (C=O) groups is 1. The van der Waals surface area contributed by atoms with E-state index in [1.165, 1.54) is 5.56 Å². The van der Waals surface area contributed by atoms with Gasteiger partial charge in [-0.1, -0.05) is 42.5 Å². The molecule has 0 amide bonds. The van der Waals surface area contributed by atoms with Crippen LogP contribution in [-0.2, 0) is 4.74 Å². The average Bonchev–Trinajstić information content (AvgIpc) is 2.90. The summed E-state index contributed by atoms with van der Waals surface area (Å²) in [6.45, 7) is 4.29. The number of hydrogen-bond donors (Lipinski definition) is 0. The summed E-state index contributed by atoms with van der Waals surface area (Å²) in [6.07, 6.45) is -0.326. The lowest BCUT2D eigenvalue weighted by atomic mass is 10.0. The molecule has 0 aliphatic carbocycles. The van der Waals surface area contributed by atoms with Gasteiger partial charge in [0.1, 0.15) is 0 Å². The molecule has 0 atom stereocenters. The lowest BCUT2D eigenvalue weighted by Crippen LogP contribution is -2.13. The largest absolute Gasteiger partial charge is 0.449 e. The smallest absolute Gasteiger partial charge is 0.418 e. The van der Waals surface area contributed by atoms with Crippen LogP contribution in [0.5, 0.6) is 0 Å². The molecule has 3 aromatic carbocycles. The first-order valence-corrected chi connectivity index (χ1v) is 7.81. The highest BCUT2D eigenvalue weighted by atomic mass is 16.5. The average molecular weight is 303 g/mol. The third kappa shape index (κ3) is 1.93. The van der Waals surface area contributed by atoms with Gasteiger partial charge in [-0.2, -0.15) is 0 Å². The van der Waals surface area contributed by atoms with Crippen molar-refractivity contribution >= 4 is 38.7 Å². The maximum absolute atomic E-state index is 12.6. The maximum Gasteiger partial charge on any atom is 0.418 e. The summed E-state index contributed by atoms with van der Waals surface area (Å²) in [4.78, 5) is 12.6. The molecule has 0 saturated carbocycles. The first-order valence-electron chi connectivity index (χ1n) is 7.81. The Hall–Kier alpha value is -2.81. The Morgan fingerprint density at radius 2 is 1.61 bits per heavy atom. The molecule has 0 N–H and O–H groups in total. The standard InChI is InChI=1S/C20H17NO2/c1-3-23-20(22)21-18-11-7-6-9-15(18)17-12-13(2)14-8-4-5-10-16(14)19(17)21/h4-12H,3H2,1-2H3. The second-order valence-electron chi connectivity index (χ2n) is 5.69. The fourth-order valence-electron chi connectivity index (χ4n) is 3.38. The summed E-state index contributed by atoms with van der Waals surface area (Å²) in [6, 6.07) is 18.3. The van der Waals surface area contributed by atoms with E-state index in [-0.39, 0.29) is 6.09 Å². The molecule has 1 heterocycles. The van der Waals surface area contributed by atoms with Gasteiger partial charge >= 0.3 is 6.09 Å². The van der Waals surface area contributed by atoms with E-state index in [0.717, 1.165) is 32.6 Å². The molecular formula is C20H17NO2. The minimum absolute atomic E-state index is 0.326. The molecule has 4 aromatic rings. The van der Waals surface area contributed by atoms with E-state index in [1.54, 1.807) is 4.57 Å². The molecule has 23 heavy (non-hydrogen) atoms. The first kappa shape index (κ1) is 13.8. The fourth-order valence-corrected chi connectivity index (χ4v) is 3.38. The molecular weight excluding hydrogens is 286 g/mol. The minimum atomic E-state index is -0.326. The van der Waals surface area contributed by atoms with E-state index in [0.29, 0.717) is 6.61 Å². The van der Waals surface area contributed by atoms with Crippen LogP contribution in [0.1, 0.15) is 12.5 Å². The second kappa shape index (κ2) is 5.13. The molecule has 0 aliphatic rings. The van der Waals surface area contributed by atoms with E-state index >= 15 is 0 Å². The number of hydrogen-bond acceptors (Lipinski definition) is 2. The van der Waals surface area contributed by atoms with E-state index < -0.39 is 0 Å². The molecule has 3 heteroatoms. The highest BCUT2D eigenvalue weighted by Crippen LogP contribution is 2.35. The molecule has 0 saturated heterocycles. The molecule has 4 rings (SSSR count). The summed E-state index contributed by atoms with van der Waals surface area (Å²) >= 11 is 0. The van der Waals surface area contributed by atoms with E-state index in [1.807, 2.05) is 37.3 Å². The van der Waals surface area contributed by atoms with Gasteiger partial charge in [0.15, 0.2) is 0 Å². The van der Waals surface area contributed by atoms with Gasteiger partial charge < -0.3 is 4.74 Å². The van der Waals surface area contributed by atoms with Crippen molar-refractivity contribution in [3.63, 3.8) is 0 Å². The van der Waals surface area contributed by atoms with Gasteiger partial charge in [-0.05, 0) is 36.9 Å². The van der Waals surface area contributed by atoms with Crippen LogP contribution in [0.4, 0.5) is 4.79 Å². The van der Waals surface area contributed by atoms with Gasteiger partial charge in [0, 0.05) is 16.2 Å². The summed E-state index contributed by atoms with van der Waals surface area (Å²) in [5.74, 6) is 0. The van der Waals surface area contributed by atoms with Crippen molar-refractivity contribution in [3.05, 3.63) is 60.2 Å². The minimum Gasteiger partial charge on any atom is -0.449 e. The quantitative estimate of drug-likeness (QED) is 0.480.